The summed E-state index contributed by atoms with van der Waals surface area (Å²) < 4.78 is 26.8. The van der Waals surface area contributed by atoms with Crippen LogP contribution in [-0.2, 0) is 6.54 Å². The smallest absolute Gasteiger partial charge is 0.255 e. The molecule has 2 saturated heterocycles. The molecular formula is C21H23F2N3O. The number of amides is 1. The zero-order chi connectivity index (χ0) is 18.8. The second-order valence-corrected chi connectivity index (χ2v) is 7.49. The molecule has 2 aromatic rings. The molecule has 27 heavy (non-hydrogen) atoms. The van der Waals surface area contributed by atoms with Crippen LogP contribution >= 0.6 is 0 Å². The third-order valence-electron chi connectivity index (χ3n) is 5.71. The van der Waals surface area contributed by atoms with Crippen molar-refractivity contribution in [1.29, 1.82) is 0 Å². The minimum Gasteiger partial charge on any atom is -0.337 e. The minimum atomic E-state index is -0.818. The lowest BCUT2D eigenvalue weighted by Gasteiger charge is -2.30. The number of aromatic nitrogens is 1. The number of halogens is 2. The fourth-order valence-electron chi connectivity index (χ4n) is 4.35. The Labute approximate surface area is 157 Å². The molecule has 0 unspecified atom stereocenters. The normalized spacial score (nSPS) is 23.1. The van der Waals surface area contributed by atoms with Crippen molar-refractivity contribution in [3.8, 4) is 0 Å². The van der Waals surface area contributed by atoms with Crippen LogP contribution in [0.1, 0.15) is 35.2 Å². The summed E-state index contributed by atoms with van der Waals surface area (Å²) in [7, 11) is 0. The Hall–Kier alpha value is -2.34. The van der Waals surface area contributed by atoms with Gasteiger partial charge in [-0.3, -0.25) is 14.7 Å². The molecule has 3 heterocycles. The van der Waals surface area contributed by atoms with Gasteiger partial charge in [0.05, 0.1) is 5.56 Å². The Morgan fingerprint density at radius 1 is 1.15 bits per heavy atom. The Balaban J connectivity index is 1.50. The fourth-order valence-corrected chi connectivity index (χ4v) is 4.35. The van der Waals surface area contributed by atoms with Gasteiger partial charge in [-0.2, -0.15) is 0 Å². The number of hydrogen-bond donors (Lipinski definition) is 0. The van der Waals surface area contributed by atoms with Crippen LogP contribution in [0.3, 0.4) is 0 Å². The second-order valence-electron chi connectivity index (χ2n) is 7.49. The van der Waals surface area contributed by atoms with Crippen molar-refractivity contribution >= 4 is 5.91 Å². The standard InChI is InChI=1S/C21H23F2N3O/c22-18-7-6-15(10-19(18)23)12-25-9-2-1-4-17-13-26(14-20(17)25)21(27)16-5-3-8-24-11-16/h3,5-8,10-11,17,20H,1-2,4,9,12-14H2/t17-,20+/m0/s1. The van der Waals surface area contributed by atoms with Gasteiger partial charge in [-0.15, -0.1) is 0 Å². The van der Waals surface area contributed by atoms with Crippen molar-refractivity contribution in [2.45, 2.75) is 31.8 Å². The number of carbonyl (C=O) groups is 1. The molecule has 4 nitrogen and oxygen atoms in total. The quantitative estimate of drug-likeness (QED) is 0.829. The lowest BCUT2D eigenvalue weighted by atomic mass is 9.98. The number of benzene rings is 1. The van der Waals surface area contributed by atoms with E-state index in [1.54, 1.807) is 30.6 Å². The highest BCUT2D eigenvalue weighted by Gasteiger charge is 2.39. The van der Waals surface area contributed by atoms with Gasteiger partial charge >= 0.3 is 0 Å². The Morgan fingerprint density at radius 3 is 2.81 bits per heavy atom. The highest BCUT2D eigenvalue weighted by Crippen LogP contribution is 2.31. The van der Waals surface area contributed by atoms with Crippen LogP contribution in [0.15, 0.2) is 42.7 Å². The van der Waals surface area contributed by atoms with E-state index in [9.17, 15) is 13.6 Å². The van der Waals surface area contributed by atoms with Crippen LogP contribution in [0.4, 0.5) is 8.78 Å². The van der Waals surface area contributed by atoms with Crippen LogP contribution < -0.4 is 0 Å². The summed E-state index contributed by atoms with van der Waals surface area (Å²) in [6, 6.07) is 7.93. The molecule has 1 amide bonds. The monoisotopic (exact) mass is 371 g/mol. The summed E-state index contributed by atoms with van der Waals surface area (Å²) in [4.78, 5) is 21.1. The highest BCUT2D eigenvalue weighted by atomic mass is 19.2. The average Bonchev–Trinajstić information content (AvgIpc) is 3.02. The van der Waals surface area contributed by atoms with E-state index in [-0.39, 0.29) is 11.9 Å². The maximum atomic E-state index is 13.6. The number of nitrogens with zero attached hydrogens (tertiary/aromatic N) is 3. The molecule has 0 spiro atoms. The fraction of sp³-hybridized carbons (Fsp3) is 0.429. The largest absolute Gasteiger partial charge is 0.337 e. The minimum absolute atomic E-state index is 0.0175. The van der Waals surface area contributed by atoms with Gasteiger partial charge in [-0.25, -0.2) is 8.78 Å². The molecule has 6 heteroatoms. The van der Waals surface area contributed by atoms with Gasteiger partial charge in [0.15, 0.2) is 11.6 Å². The Bertz CT molecular complexity index is 814. The topological polar surface area (TPSA) is 36.4 Å². The summed E-state index contributed by atoms with van der Waals surface area (Å²) >= 11 is 0. The molecule has 0 N–H and O–H groups in total. The summed E-state index contributed by atoms with van der Waals surface area (Å²) in [5, 5.41) is 0. The molecule has 2 aliphatic heterocycles. The van der Waals surface area contributed by atoms with Crippen molar-refractivity contribution in [3.05, 3.63) is 65.5 Å². The molecule has 1 aromatic heterocycles. The van der Waals surface area contributed by atoms with Crippen LogP contribution in [0.2, 0.25) is 0 Å². The van der Waals surface area contributed by atoms with E-state index >= 15 is 0 Å². The van der Waals surface area contributed by atoms with Crippen molar-refractivity contribution in [1.82, 2.24) is 14.8 Å². The first-order chi connectivity index (χ1) is 13.1. The van der Waals surface area contributed by atoms with Crippen LogP contribution in [-0.4, -0.2) is 46.4 Å². The molecule has 0 saturated carbocycles. The molecule has 2 fully saturated rings. The number of hydrogen-bond acceptors (Lipinski definition) is 3. The van der Waals surface area contributed by atoms with Crippen molar-refractivity contribution < 1.29 is 13.6 Å². The lowest BCUT2D eigenvalue weighted by molar-refractivity contribution is 0.0772. The van der Waals surface area contributed by atoms with Gasteiger partial charge in [0, 0.05) is 38.1 Å². The highest BCUT2D eigenvalue weighted by molar-refractivity contribution is 5.94. The number of fused-ring (bicyclic) bond motifs is 1. The maximum absolute atomic E-state index is 13.6. The van der Waals surface area contributed by atoms with Crippen molar-refractivity contribution in [2.75, 3.05) is 19.6 Å². The zero-order valence-corrected chi connectivity index (χ0v) is 15.2. The number of rotatable bonds is 3. The molecule has 0 bridgehead atoms. The van der Waals surface area contributed by atoms with Crippen LogP contribution in [0.25, 0.3) is 0 Å². The van der Waals surface area contributed by atoms with Gasteiger partial charge < -0.3 is 4.90 Å². The molecular weight excluding hydrogens is 348 g/mol. The summed E-state index contributed by atoms with van der Waals surface area (Å²) in [6.07, 6.45) is 6.58. The van der Waals surface area contributed by atoms with E-state index in [1.165, 1.54) is 12.1 Å². The first-order valence-electron chi connectivity index (χ1n) is 9.49. The van der Waals surface area contributed by atoms with Crippen LogP contribution in [0, 0.1) is 17.6 Å². The van der Waals surface area contributed by atoms with Crippen LogP contribution in [0.5, 0.6) is 0 Å². The van der Waals surface area contributed by atoms with E-state index in [1.807, 2.05) is 4.90 Å². The van der Waals surface area contributed by atoms with Gasteiger partial charge in [0.2, 0.25) is 0 Å². The first kappa shape index (κ1) is 18.0. The maximum Gasteiger partial charge on any atom is 0.255 e. The number of carbonyl (C=O) groups excluding carboxylic acids is 1. The van der Waals surface area contributed by atoms with Gasteiger partial charge in [0.1, 0.15) is 0 Å². The van der Waals surface area contributed by atoms with Gasteiger partial charge in [0.25, 0.3) is 5.91 Å². The van der Waals surface area contributed by atoms with Crippen molar-refractivity contribution in [2.24, 2.45) is 5.92 Å². The van der Waals surface area contributed by atoms with E-state index < -0.39 is 11.6 Å². The van der Waals surface area contributed by atoms with E-state index in [0.29, 0.717) is 24.6 Å². The summed E-state index contributed by atoms with van der Waals surface area (Å²) in [5.74, 6) is -1.19. The second kappa shape index (κ2) is 7.72. The van der Waals surface area contributed by atoms with Gasteiger partial charge in [-0.05, 0) is 55.1 Å². The number of likely N-dealkylation sites (tertiary alicyclic amines) is 2. The average molecular weight is 371 g/mol. The van der Waals surface area contributed by atoms with E-state index in [0.717, 1.165) is 37.9 Å². The lowest BCUT2D eigenvalue weighted by Crippen LogP contribution is -2.40. The molecule has 2 aliphatic rings. The molecule has 2 atom stereocenters. The molecule has 1 aromatic carbocycles. The Morgan fingerprint density at radius 2 is 2.04 bits per heavy atom. The number of pyridine rings is 1. The van der Waals surface area contributed by atoms with Gasteiger partial charge in [-0.1, -0.05) is 12.5 Å². The predicted octanol–water partition coefficient (Wildman–Crippen LogP) is 3.49. The van der Waals surface area contributed by atoms with E-state index in [4.69, 9.17) is 0 Å². The molecule has 0 aliphatic carbocycles. The first-order valence-corrected chi connectivity index (χ1v) is 9.49. The molecule has 0 radical (unpaired) electrons. The molecule has 142 valence electrons. The Kier molecular flexibility index (Phi) is 5.16. The zero-order valence-electron chi connectivity index (χ0n) is 15.2. The third kappa shape index (κ3) is 3.86. The van der Waals surface area contributed by atoms with E-state index in [2.05, 4.69) is 9.88 Å². The predicted molar refractivity (Wildman–Crippen MR) is 98.0 cm³/mol. The third-order valence-corrected chi connectivity index (χ3v) is 5.71. The molecule has 4 rings (SSSR count). The summed E-state index contributed by atoms with van der Waals surface area (Å²) in [5.41, 5.74) is 1.38. The summed E-state index contributed by atoms with van der Waals surface area (Å²) in [6.45, 7) is 2.90. The SMILES string of the molecule is O=C(c1cccnc1)N1C[C@@H]2CCCCN(Cc3ccc(F)c(F)c3)[C@@H]2C1. The van der Waals surface area contributed by atoms with Crippen molar-refractivity contribution in [3.63, 3.8) is 0 Å².